The standard InChI is InChI=1S/C18H23NO2/c1-12-14-7-8-15(10-14)17(12)18(21)19-16(11-20)9-13-5-3-2-4-6-13/h2-8,12,14-17,20H,9-11H2,1H3,(H,19,21)/t12-,14-,15+,16-,17+/m0/s1. The molecule has 0 unspecified atom stereocenters. The van der Waals surface area contributed by atoms with Gasteiger partial charge in [-0.1, -0.05) is 49.4 Å². The number of aliphatic hydroxyl groups excluding tert-OH is 1. The number of amides is 1. The maximum absolute atomic E-state index is 12.5. The summed E-state index contributed by atoms with van der Waals surface area (Å²) >= 11 is 0. The molecule has 112 valence electrons. The fourth-order valence-electron chi connectivity index (χ4n) is 3.86. The van der Waals surface area contributed by atoms with E-state index < -0.39 is 0 Å². The molecule has 0 heterocycles. The highest BCUT2D eigenvalue weighted by Crippen LogP contribution is 2.47. The van der Waals surface area contributed by atoms with Crippen LogP contribution in [0.3, 0.4) is 0 Å². The van der Waals surface area contributed by atoms with E-state index in [1.807, 2.05) is 30.3 Å². The number of carbonyl (C=O) groups is 1. The van der Waals surface area contributed by atoms with Crippen molar-refractivity contribution in [3.05, 3.63) is 48.0 Å². The van der Waals surface area contributed by atoms with Crippen LogP contribution in [0.1, 0.15) is 18.9 Å². The zero-order valence-electron chi connectivity index (χ0n) is 12.4. The van der Waals surface area contributed by atoms with E-state index in [2.05, 4.69) is 24.4 Å². The maximum Gasteiger partial charge on any atom is 0.224 e. The van der Waals surface area contributed by atoms with Crippen molar-refractivity contribution in [1.82, 2.24) is 5.32 Å². The second-order valence-corrected chi connectivity index (χ2v) is 6.41. The van der Waals surface area contributed by atoms with Crippen LogP contribution in [0.5, 0.6) is 0 Å². The quantitative estimate of drug-likeness (QED) is 0.815. The number of nitrogens with one attached hydrogen (secondary N) is 1. The first-order valence-corrected chi connectivity index (χ1v) is 7.82. The molecule has 1 saturated carbocycles. The van der Waals surface area contributed by atoms with Gasteiger partial charge in [-0.2, -0.15) is 0 Å². The molecular formula is C18H23NO2. The summed E-state index contributed by atoms with van der Waals surface area (Å²) in [4.78, 5) is 12.5. The number of hydrogen-bond acceptors (Lipinski definition) is 2. The topological polar surface area (TPSA) is 49.3 Å². The lowest BCUT2D eigenvalue weighted by atomic mass is 9.83. The van der Waals surface area contributed by atoms with E-state index in [-0.39, 0.29) is 24.5 Å². The third-order valence-electron chi connectivity index (χ3n) is 5.05. The van der Waals surface area contributed by atoms with Crippen LogP contribution in [-0.4, -0.2) is 23.7 Å². The average molecular weight is 285 g/mol. The SMILES string of the molecule is C[C@@H]1[C@@H](C(=O)N[C@H](CO)Cc2ccccc2)[C@@H]2C=C[C@H]1C2. The van der Waals surface area contributed by atoms with Gasteiger partial charge >= 0.3 is 0 Å². The Balaban J connectivity index is 1.62. The molecule has 0 aliphatic heterocycles. The number of rotatable bonds is 5. The van der Waals surface area contributed by atoms with Crippen molar-refractivity contribution in [3.63, 3.8) is 0 Å². The van der Waals surface area contributed by atoms with E-state index in [9.17, 15) is 9.90 Å². The number of fused-ring (bicyclic) bond motifs is 2. The number of carbonyl (C=O) groups excluding carboxylic acids is 1. The lowest BCUT2D eigenvalue weighted by Gasteiger charge is -2.26. The van der Waals surface area contributed by atoms with E-state index in [1.54, 1.807) is 0 Å². The van der Waals surface area contributed by atoms with Crippen molar-refractivity contribution < 1.29 is 9.90 Å². The molecule has 21 heavy (non-hydrogen) atoms. The van der Waals surface area contributed by atoms with Crippen LogP contribution in [-0.2, 0) is 11.2 Å². The molecule has 3 heteroatoms. The average Bonchev–Trinajstić information content (AvgIpc) is 3.08. The second kappa shape index (κ2) is 6.02. The van der Waals surface area contributed by atoms with Gasteiger partial charge in [-0.15, -0.1) is 0 Å². The van der Waals surface area contributed by atoms with Crippen LogP contribution in [0.4, 0.5) is 0 Å². The van der Waals surface area contributed by atoms with E-state index in [4.69, 9.17) is 0 Å². The number of aliphatic hydroxyl groups is 1. The molecular weight excluding hydrogens is 262 g/mol. The Morgan fingerprint density at radius 1 is 1.29 bits per heavy atom. The third kappa shape index (κ3) is 2.88. The molecule has 2 aliphatic rings. The summed E-state index contributed by atoms with van der Waals surface area (Å²) in [7, 11) is 0. The highest BCUT2D eigenvalue weighted by molar-refractivity contribution is 5.80. The lowest BCUT2D eigenvalue weighted by Crippen LogP contribution is -2.44. The fourth-order valence-corrected chi connectivity index (χ4v) is 3.86. The molecule has 2 N–H and O–H groups in total. The summed E-state index contributed by atoms with van der Waals surface area (Å²) < 4.78 is 0. The molecule has 0 spiro atoms. The molecule has 1 aromatic carbocycles. The minimum absolute atomic E-state index is 0.0222. The molecule has 0 radical (unpaired) electrons. The van der Waals surface area contributed by atoms with Gasteiger partial charge in [0.1, 0.15) is 0 Å². The zero-order valence-corrected chi connectivity index (χ0v) is 12.4. The molecule has 0 aromatic heterocycles. The van der Waals surface area contributed by atoms with Crippen molar-refractivity contribution >= 4 is 5.91 Å². The number of hydrogen-bond donors (Lipinski definition) is 2. The van der Waals surface area contributed by atoms with Gasteiger partial charge in [0.2, 0.25) is 5.91 Å². The van der Waals surface area contributed by atoms with Crippen LogP contribution >= 0.6 is 0 Å². The first-order valence-electron chi connectivity index (χ1n) is 7.82. The first-order chi connectivity index (χ1) is 10.2. The van der Waals surface area contributed by atoms with Gasteiger partial charge in [0.25, 0.3) is 0 Å². The lowest BCUT2D eigenvalue weighted by molar-refractivity contribution is -0.128. The van der Waals surface area contributed by atoms with Gasteiger partial charge in [0.15, 0.2) is 0 Å². The van der Waals surface area contributed by atoms with Crippen molar-refractivity contribution in [2.75, 3.05) is 6.61 Å². The van der Waals surface area contributed by atoms with Crippen LogP contribution in [0.25, 0.3) is 0 Å². The Labute approximate surface area is 126 Å². The largest absolute Gasteiger partial charge is 0.394 e. The van der Waals surface area contributed by atoms with E-state index in [0.29, 0.717) is 24.2 Å². The Hall–Kier alpha value is -1.61. The highest BCUT2D eigenvalue weighted by Gasteiger charge is 2.45. The Bertz CT molecular complexity index is 525. The van der Waals surface area contributed by atoms with Crippen molar-refractivity contribution in [1.29, 1.82) is 0 Å². The predicted octanol–water partition coefficient (Wildman–Crippen LogP) is 2.16. The monoisotopic (exact) mass is 285 g/mol. The van der Waals surface area contributed by atoms with Gasteiger partial charge in [0, 0.05) is 5.92 Å². The summed E-state index contributed by atoms with van der Waals surface area (Å²) in [5.41, 5.74) is 1.14. The predicted molar refractivity (Wildman–Crippen MR) is 82.6 cm³/mol. The fraction of sp³-hybridized carbons (Fsp3) is 0.500. The van der Waals surface area contributed by atoms with Crippen molar-refractivity contribution in [2.24, 2.45) is 23.7 Å². The molecule has 1 aromatic rings. The molecule has 1 fully saturated rings. The van der Waals surface area contributed by atoms with Gasteiger partial charge < -0.3 is 10.4 Å². The summed E-state index contributed by atoms with van der Waals surface area (Å²) in [6.45, 7) is 2.15. The van der Waals surface area contributed by atoms with E-state index in [0.717, 1.165) is 12.0 Å². The second-order valence-electron chi connectivity index (χ2n) is 6.41. The van der Waals surface area contributed by atoms with Crippen LogP contribution in [0.2, 0.25) is 0 Å². The van der Waals surface area contributed by atoms with Crippen molar-refractivity contribution in [3.8, 4) is 0 Å². The Morgan fingerprint density at radius 3 is 2.62 bits per heavy atom. The molecule has 1 amide bonds. The van der Waals surface area contributed by atoms with Crippen molar-refractivity contribution in [2.45, 2.75) is 25.8 Å². The number of benzene rings is 1. The first kappa shape index (κ1) is 14.3. The maximum atomic E-state index is 12.5. The van der Waals surface area contributed by atoms with Gasteiger partial charge in [0.05, 0.1) is 12.6 Å². The van der Waals surface area contributed by atoms with E-state index >= 15 is 0 Å². The summed E-state index contributed by atoms with van der Waals surface area (Å²) in [5.74, 6) is 1.55. The van der Waals surface area contributed by atoms with Gasteiger partial charge in [-0.25, -0.2) is 0 Å². The molecule has 3 rings (SSSR count). The van der Waals surface area contributed by atoms with Crippen LogP contribution < -0.4 is 5.32 Å². The highest BCUT2D eigenvalue weighted by atomic mass is 16.3. The van der Waals surface area contributed by atoms with Gasteiger partial charge in [-0.05, 0) is 36.2 Å². The summed E-state index contributed by atoms with van der Waals surface area (Å²) in [6.07, 6.45) is 6.24. The molecule has 2 bridgehead atoms. The van der Waals surface area contributed by atoms with Crippen LogP contribution in [0.15, 0.2) is 42.5 Å². The Morgan fingerprint density at radius 2 is 2.00 bits per heavy atom. The smallest absolute Gasteiger partial charge is 0.224 e. The minimum Gasteiger partial charge on any atom is -0.394 e. The normalized spacial score (nSPS) is 31.3. The third-order valence-corrected chi connectivity index (χ3v) is 5.05. The minimum atomic E-state index is -0.199. The molecule has 2 aliphatic carbocycles. The van der Waals surface area contributed by atoms with Crippen LogP contribution in [0, 0.1) is 23.7 Å². The summed E-state index contributed by atoms with van der Waals surface area (Å²) in [5, 5.41) is 12.6. The summed E-state index contributed by atoms with van der Waals surface area (Å²) in [6, 6.07) is 9.78. The zero-order chi connectivity index (χ0) is 14.8. The Kier molecular flexibility index (Phi) is 4.11. The molecule has 5 atom stereocenters. The van der Waals surface area contributed by atoms with Gasteiger partial charge in [-0.3, -0.25) is 4.79 Å². The number of allylic oxidation sites excluding steroid dienone is 2. The van der Waals surface area contributed by atoms with E-state index in [1.165, 1.54) is 0 Å². The molecule has 0 saturated heterocycles. The molecule has 3 nitrogen and oxygen atoms in total.